The summed E-state index contributed by atoms with van der Waals surface area (Å²) in [6, 6.07) is 8.03. The predicted octanol–water partition coefficient (Wildman–Crippen LogP) is 2.03. The van der Waals surface area contributed by atoms with Crippen molar-refractivity contribution >= 4 is 11.6 Å². The molecule has 3 rings (SSSR count). The van der Waals surface area contributed by atoms with Gasteiger partial charge in [-0.15, -0.1) is 0 Å². The van der Waals surface area contributed by atoms with Crippen LogP contribution in [0.15, 0.2) is 48.2 Å². The van der Waals surface area contributed by atoms with E-state index in [4.69, 9.17) is 0 Å². The molecule has 0 atom stereocenters. The number of carbonyl (C=O) groups is 1. The molecule has 14 heavy (non-hydrogen) atoms. The van der Waals surface area contributed by atoms with E-state index in [1.54, 1.807) is 11.0 Å². The first-order chi connectivity index (χ1) is 6.86. The van der Waals surface area contributed by atoms with E-state index in [9.17, 15) is 4.79 Å². The lowest BCUT2D eigenvalue weighted by molar-refractivity contribution is -0.113. The first-order valence-corrected chi connectivity index (χ1v) is 4.66. The molecule has 0 saturated carbocycles. The molecular weight excluding hydrogens is 174 g/mol. The molecule has 1 aromatic rings. The summed E-state index contributed by atoms with van der Waals surface area (Å²) in [7, 11) is 0. The van der Waals surface area contributed by atoms with E-state index in [0.717, 1.165) is 17.8 Å². The lowest BCUT2D eigenvalue weighted by atomic mass is 10.0. The van der Waals surface area contributed by atoms with Crippen LogP contribution in [0.5, 0.6) is 0 Å². The monoisotopic (exact) mass is 183 g/mol. The quantitative estimate of drug-likeness (QED) is 0.602. The van der Waals surface area contributed by atoms with Crippen LogP contribution in [-0.4, -0.2) is 5.91 Å². The van der Waals surface area contributed by atoms with Crippen LogP contribution in [-0.2, 0) is 11.2 Å². The maximum absolute atomic E-state index is 11.6. The average molecular weight is 183 g/mol. The Balaban J connectivity index is 2.19. The highest BCUT2D eigenvalue weighted by atomic mass is 16.2. The fraction of sp³-hybridized carbons (Fsp3) is 0.0833. The molecule has 2 aliphatic heterocycles. The molecule has 0 radical (unpaired) electrons. The Labute approximate surface area is 82.2 Å². The molecule has 1 amide bonds. The van der Waals surface area contributed by atoms with Crippen LogP contribution >= 0.6 is 0 Å². The van der Waals surface area contributed by atoms with Crippen molar-refractivity contribution in [2.45, 2.75) is 6.42 Å². The maximum atomic E-state index is 11.6. The van der Waals surface area contributed by atoms with Crippen molar-refractivity contribution in [2.75, 3.05) is 4.90 Å². The number of benzene rings is 1. The molecular formula is C12H9NO. The zero-order valence-corrected chi connectivity index (χ0v) is 7.60. The van der Waals surface area contributed by atoms with Crippen LogP contribution in [0, 0.1) is 0 Å². The van der Waals surface area contributed by atoms with E-state index < -0.39 is 0 Å². The lowest BCUT2D eigenvalue weighted by Crippen LogP contribution is -2.26. The number of allylic oxidation sites excluding steroid dienone is 2. The zero-order valence-electron chi connectivity index (χ0n) is 7.60. The molecule has 0 aliphatic carbocycles. The summed E-state index contributed by atoms with van der Waals surface area (Å²) < 4.78 is 0. The normalized spacial score (nSPS) is 17.9. The van der Waals surface area contributed by atoms with Gasteiger partial charge >= 0.3 is 0 Å². The second-order valence-electron chi connectivity index (χ2n) is 3.47. The summed E-state index contributed by atoms with van der Waals surface area (Å²) in [5.41, 5.74) is 3.25. The molecule has 0 unspecified atom stereocenters. The summed E-state index contributed by atoms with van der Waals surface area (Å²) in [6.45, 7) is 0. The van der Waals surface area contributed by atoms with Crippen LogP contribution in [0.1, 0.15) is 5.56 Å². The standard InChI is InChI=1S/C12H9NO/c14-12-8-7-10-6-5-9-3-1-2-4-11(9)13(10)12/h1-4,6-8H,5H2. The third kappa shape index (κ3) is 0.880. The molecule has 2 aliphatic rings. The SMILES string of the molecule is O=C1C=CC2=CCc3ccccc3N12. The number of rotatable bonds is 0. The van der Waals surface area contributed by atoms with Crippen molar-refractivity contribution in [1.29, 1.82) is 0 Å². The van der Waals surface area contributed by atoms with E-state index in [0.29, 0.717) is 0 Å². The van der Waals surface area contributed by atoms with Gasteiger partial charge in [-0.25, -0.2) is 0 Å². The van der Waals surface area contributed by atoms with Gasteiger partial charge in [-0.1, -0.05) is 24.3 Å². The molecule has 0 aromatic heterocycles. The van der Waals surface area contributed by atoms with Gasteiger partial charge in [-0.05, 0) is 24.1 Å². The van der Waals surface area contributed by atoms with E-state index in [1.807, 2.05) is 24.3 Å². The predicted molar refractivity (Wildman–Crippen MR) is 54.9 cm³/mol. The fourth-order valence-electron chi connectivity index (χ4n) is 1.97. The molecule has 1 aromatic carbocycles. The molecule has 68 valence electrons. The van der Waals surface area contributed by atoms with Crippen LogP contribution < -0.4 is 4.90 Å². The molecule has 0 spiro atoms. The van der Waals surface area contributed by atoms with Gasteiger partial charge in [-0.2, -0.15) is 0 Å². The first kappa shape index (κ1) is 7.56. The van der Waals surface area contributed by atoms with Crippen molar-refractivity contribution in [3.05, 3.63) is 53.8 Å². The number of amides is 1. The Morgan fingerprint density at radius 3 is 2.93 bits per heavy atom. The molecule has 0 fully saturated rings. The van der Waals surface area contributed by atoms with Crippen LogP contribution in [0.4, 0.5) is 5.69 Å². The van der Waals surface area contributed by atoms with Crippen LogP contribution in [0.25, 0.3) is 0 Å². The second kappa shape index (κ2) is 2.58. The highest BCUT2D eigenvalue weighted by Gasteiger charge is 2.26. The van der Waals surface area contributed by atoms with E-state index >= 15 is 0 Å². The number of hydrogen-bond acceptors (Lipinski definition) is 1. The summed E-state index contributed by atoms with van der Waals surface area (Å²) in [5.74, 6) is 0.0587. The Morgan fingerprint density at radius 2 is 2.00 bits per heavy atom. The van der Waals surface area contributed by atoms with Crippen LogP contribution in [0.3, 0.4) is 0 Å². The minimum atomic E-state index is 0.0587. The van der Waals surface area contributed by atoms with Gasteiger partial charge in [0.15, 0.2) is 0 Å². The van der Waals surface area contributed by atoms with Crippen molar-refractivity contribution in [3.8, 4) is 0 Å². The number of para-hydroxylation sites is 1. The smallest absolute Gasteiger partial charge is 0.255 e. The summed E-state index contributed by atoms with van der Waals surface area (Å²) >= 11 is 0. The second-order valence-corrected chi connectivity index (χ2v) is 3.47. The van der Waals surface area contributed by atoms with Gasteiger partial charge in [0, 0.05) is 11.8 Å². The van der Waals surface area contributed by atoms with Crippen LogP contribution in [0.2, 0.25) is 0 Å². The topological polar surface area (TPSA) is 20.3 Å². The summed E-state index contributed by atoms with van der Waals surface area (Å²) in [5, 5.41) is 0. The molecule has 2 nitrogen and oxygen atoms in total. The van der Waals surface area contributed by atoms with Gasteiger partial charge in [0.05, 0.1) is 5.69 Å². The van der Waals surface area contributed by atoms with Crippen molar-refractivity contribution in [3.63, 3.8) is 0 Å². The number of fused-ring (bicyclic) bond motifs is 3. The number of hydrogen-bond donors (Lipinski definition) is 0. The molecule has 0 saturated heterocycles. The minimum Gasteiger partial charge on any atom is -0.278 e. The third-order valence-electron chi connectivity index (χ3n) is 2.64. The lowest BCUT2D eigenvalue weighted by Gasteiger charge is -2.24. The van der Waals surface area contributed by atoms with Crippen molar-refractivity contribution in [1.82, 2.24) is 0 Å². The minimum absolute atomic E-state index is 0.0587. The first-order valence-electron chi connectivity index (χ1n) is 4.66. The third-order valence-corrected chi connectivity index (χ3v) is 2.64. The van der Waals surface area contributed by atoms with Gasteiger partial charge in [0.25, 0.3) is 5.91 Å². The van der Waals surface area contributed by atoms with Gasteiger partial charge in [-0.3, -0.25) is 9.69 Å². The maximum Gasteiger partial charge on any atom is 0.255 e. The van der Waals surface area contributed by atoms with E-state index in [2.05, 4.69) is 12.1 Å². The van der Waals surface area contributed by atoms with Crippen molar-refractivity contribution < 1.29 is 4.79 Å². The fourth-order valence-corrected chi connectivity index (χ4v) is 1.97. The number of nitrogens with zero attached hydrogens (tertiary/aromatic N) is 1. The zero-order chi connectivity index (χ0) is 9.54. The van der Waals surface area contributed by atoms with Gasteiger partial charge in [0.1, 0.15) is 0 Å². The van der Waals surface area contributed by atoms with Gasteiger partial charge in [0.2, 0.25) is 0 Å². The Bertz CT molecular complexity index is 471. The van der Waals surface area contributed by atoms with Crippen molar-refractivity contribution in [2.24, 2.45) is 0 Å². The molecule has 0 N–H and O–H groups in total. The summed E-state index contributed by atoms with van der Waals surface area (Å²) in [4.78, 5) is 13.3. The Morgan fingerprint density at radius 1 is 1.14 bits per heavy atom. The molecule has 0 bridgehead atoms. The number of anilines is 1. The highest BCUT2D eigenvalue weighted by Crippen LogP contribution is 2.32. The summed E-state index contributed by atoms with van der Waals surface area (Å²) in [6.07, 6.45) is 6.50. The average Bonchev–Trinajstić information content (AvgIpc) is 2.61. The van der Waals surface area contributed by atoms with E-state index in [-0.39, 0.29) is 5.91 Å². The molecule has 2 heterocycles. The number of carbonyl (C=O) groups excluding carboxylic acids is 1. The van der Waals surface area contributed by atoms with E-state index in [1.165, 1.54) is 5.56 Å². The highest BCUT2D eigenvalue weighted by molar-refractivity contribution is 6.09. The largest absolute Gasteiger partial charge is 0.278 e. The van der Waals surface area contributed by atoms with Gasteiger partial charge < -0.3 is 0 Å². The Hall–Kier alpha value is -1.83. The molecule has 2 heteroatoms. The Kier molecular flexibility index (Phi) is 1.39.